The fraction of sp³-hybridized carbons (Fsp3) is 0.609. The Balaban J connectivity index is 1.25. The highest BCUT2D eigenvalue weighted by molar-refractivity contribution is 7.80. The number of amides is 15. The van der Waals surface area contributed by atoms with Gasteiger partial charge >= 0.3 is 11.9 Å². The lowest BCUT2D eigenvalue weighted by Gasteiger charge is -2.30. The third-order valence-corrected chi connectivity index (χ3v) is 19.4. The van der Waals surface area contributed by atoms with Crippen LogP contribution >= 0.6 is 25.3 Å². The second-order valence-corrected chi connectivity index (χ2v) is 28.7. The van der Waals surface area contributed by atoms with E-state index in [1.165, 1.54) is 24.3 Å². The number of nitrogens with two attached hydrogens (primary N) is 4. The number of benzene rings is 1. The van der Waals surface area contributed by atoms with Crippen LogP contribution in [0.15, 0.2) is 47.8 Å². The Morgan fingerprint density at radius 1 is 0.522 bits per heavy atom. The van der Waals surface area contributed by atoms with E-state index in [2.05, 4.69) is 98.7 Å². The number of nitrogens with one attached hydrogen (secondary N) is 12. The summed E-state index contributed by atoms with van der Waals surface area (Å²) < 4.78 is 0. The Hall–Kier alpha value is -10.7. The topological polar surface area (TPSA) is 658 Å². The van der Waals surface area contributed by atoms with Crippen LogP contribution in [0, 0.1) is 5.92 Å². The molecule has 113 heavy (non-hydrogen) atoms. The number of carbonyl (C=O) groups excluding carboxylic acids is 15. The fourth-order valence-corrected chi connectivity index (χ4v) is 13.2. The first-order valence-corrected chi connectivity index (χ1v) is 38.0. The maximum absolute atomic E-state index is 14.5. The van der Waals surface area contributed by atoms with Gasteiger partial charge in [-0.25, -0.2) is 9.78 Å². The molecule has 24 N–H and O–H groups in total. The molecule has 0 saturated carbocycles. The molecular weight excluding hydrogens is 1520 g/mol. The van der Waals surface area contributed by atoms with E-state index in [-0.39, 0.29) is 101 Å². The first kappa shape index (κ1) is 92.9. The number of H-pyrrole nitrogens is 1. The molecule has 0 aliphatic carbocycles. The van der Waals surface area contributed by atoms with E-state index < -0.39 is 230 Å². The van der Waals surface area contributed by atoms with Crippen molar-refractivity contribution in [2.75, 3.05) is 50.9 Å². The number of thiol groups is 2. The second-order valence-electron chi connectivity index (χ2n) is 27.9. The number of carboxylic acids is 2. The molecular formula is C69H105N21O21S2. The molecule has 3 saturated heterocycles. The van der Waals surface area contributed by atoms with Gasteiger partial charge < -0.3 is 122 Å². The van der Waals surface area contributed by atoms with Crippen molar-refractivity contribution >= 4 is 132 Å². The normalized spacial score (nSPS) is 18.4. The average molecular weight is 1630 g/mol. The van der Waals surface area contributed by atoms with Gasteiger partial charge in [0.05, 0.1) is 32.0 Å². The van der Waals surface area contributed by atoms with Crippen molar-refractivity contribution in [3.05, 3.63) is 54.1 Å². The van der Waals surface area contributed by atoms with Crippen LogP contribution in [-0.4, -0.2) is 293 Å². The van der Waals surface area contributed by atoms with Gasteiger partial charge in [-0.05, 0) is 89.5 Å². The minimum absolute atomic E-state index is 0.0128. The third kappa shape index (κ3) is 28.8. The van der Waals surface area contributed by atoms with Gasteiger partial charge in [-0.2, -0.15) is 25.3 Å². The van der Waals surface area contributed by atoms with Crippen LogP contribution in [0.2, 0.25) is 0 Å². The SMILES string of the molecule is CC(C)C[C@H](NC(=O)[C@H](Cc1cnc[nH]1)NC(=O)[C@H](CO)NC(=O)[C@H](CS)NC(=O)[C@H](CS)NC(=O)[C@@H]1CCCN1C(=O)[C@H](C)N)C(=O)N[C@@H](CC(=O)O)C(=O)N[C@@H](C)C(=O)N[C@@H](CO)C(=O)N1CCC[C@H]1C(=O)N[C@@H](Cc1ccccc1)C(=O)N[C@@H](CCC(N)=O)C(=O)N[C@@H](CCCN=C(N)N)C(=O)N1CCC[C@H]1C(=O)O. The largest absolute Gasteiger partial charge is 0.481 e. The number of hydrogen-bond acceptors (Lipinski definition) is 24. The average Bonchev–Trinajstić information content (AvgIpc) is 1.72. The predicted octanol–water partition coefficient (Wildman–Crippen LogP) is -8.36. The van der Waals surface area contributed by atoms with Crippen molar-refractivity contribution in [2.45, 2.75) is 208 Å². The van der Waals surface area contributed by atoms with Gasteiger partial charge in [-0.3, -0.25) is 81.7 Å². The van der Waals surface area contributed by atoms with Crippen molar-refractivity contribution < 1.29 is 102 Å². The number of aliphatic hydroxyl groups excluding tert-OH is 2. The van der Waals surface area contributed by atoms with Gasteiger partial charge in [0.25, 0.3) is 0 Å². The van der Waals surface area contributed by atoms with Gasteiger partial charge in [0, 0.05) is 68.8 Å². The molecule has 15 atom stereocenters. The highest BCUT2D eigenvalue weighted by Gasteiger charge is 2.44. The zero-order chi connectivity index (χ0) is 83.9. The summed E-state index contributed by atoms with van der Waals surface area (Å²) in [7, 11) is 0. The van der Waals surface area contributed by atoms with E-state index in [9.17, 15) is 102 Å². The molecule has 0 radical (unpaired) electrons. The molecule has 42 nitrogen and oxygen atoms in total. The number of rotatable bonds is 45. The van der Waals surface area contributed by atoms with E-state index >= 15 is 0 Å². The standard InChI is InChI=1S/C69H105N21O21S2/c1-34(2)24-41(80-59(101)43(26-38-28-74-33-76-38)81-60(102)45(29-91)84-61(103)47(31-112)86-62(104)48(32-113)87-64(106)49-15-9-21-88(49)65(107)35(3)70)57(99)82-44(27-53(94)95)56(98)77-36(4)54(96)85-46(30-92)67(109)89-22-10-16-50(89)63(105)83-42(25-37-12-6-5-7-13-37)58(100)78-39(18-19-52(71)93)55(97)79-40(14-8-20-75-69(72)73)66(108)90-23-11-17-51(90)68(110)111/h5-7,12-13,28,33-36,39-51,91-92,112-113H,8-11,14-27,29-32,70H2,1-4H3,(H2,71,93)(H,74,76)(H,77,98)(H,78,100)(H,79,97)(H,80,101)(H,81,102)(H,82,99)(H,83,105)(H,84,103)(H,85,96)(H,86,104)(H,87,106)(H,94,95)(H,110,111)(H4,72,73,75)/t35-,36-,39-,40-,41-,42-,43-,44-,45-,46-,47-,48-,49-,50-,51-/m0/s1. The molecule has 1 aromatic heterocycles. The molecule has 0 bridgehead atoms. The van der Waals surface area contributed by atoms with Crippen LogP contribution < -0.4 is 81.4 Å². The number of carbonyl (C=O) groups is 17. The number of likely N-dealkylation sites (tertiary alicyclic amines) is 3. The summed E-state index contributed by atoms with van der Waals surface area (Å²) in [5, 5.41) is 67.6. The molecule has 3 aliphatic rings. The molecule has 4 heterocycles. The molecule has 1 aromatic carbocycles. The lowest BCUT2D eigenvalue weighted by molar-refractivity contribution is -0.149. The van der Waals surface area contributed by atoms with Gasteiger partial charge in [0.1, 0.15) is 84.6 Å². The number of guanidine groups is 1. The Kier molecular flexibility index (Phi) is 37.6. The first-order chi connectivity index (χ1) is 53.5. The fourth-order valence-electron chi connectivity index (χ4n) is 12.7. The van der Waals surface area contributed by atoms with Crippen molar-refractivity contribution in [1.82, 2.24) is 83.2 Å². The lowest BCUT2D eigenvalue weighted by atomic mass is 10.0. The Morgan fingerprint density at radius 3 is 1.49 bits per heavy atom. The van der Waals surface area contributed by atoms with Crippen molar-refractivity contribution in [2.24, 2.45) is 33.8 Å². The molecule has 0 spiro atoms. The summed E-state index contributed by atoms with van der Waals surface area (Å²) in [4.78, 5) is 246. The Labute approximate surface area is 661 Å². The second kappa shape index (κ2) is 45.7. The number of carboxylic acid groups (broad SMARTS) is 2. The summed E-state index contributed by atoms with van der Waals surface area (Å²) in [6.07, 6.45) is 1.28. The molecule has 0 unspecified atom stereocenters. The molecule has 624 valence electrons. The maximum atomic E-state index is 14.5. The highest BCUT2D eigenvalue weighted by Crippen LogP contribution is 2.23. The summed E-state index contributed by atoms with van der Waals surface area (Å²) in [6.45, 7) is 3.93. The minimum atomic E-state index is -1.98. The number of aliphatic hydroxyl groups is 2. The van der Waals surface area contributed by atoms with Crippen molar-refractivity contribution in [1.29, 1.82) is 0 Å². The summed E-state index contributed by atoms with van der Waals surface area (Å²) in [6, 6.07) is -14.0. The van der Waals surface area contributed by atoms with Gasteiger partial charge in [-0.15, -0.1) is 0 Å². The summed E-state index contributed by atoms with van der Waals surface area (Å²) in [5.41, 5.74) is 22.9. The van der Waals surface area contributed by atoms with Crippen LogP contribution in [0.4, 0.5) is 0 Å². The first-order valence-electron chi connectivity index (χ1n) is 36.8. The van der Waals surface area contributed by atoms with Gasteiger partial charge in [0.2, 0.25) is 88.6 Å². The molecule has 3 aliphatic heterocycles. The lowest BCUT2D eigenvalue weighted by Crippen LogP contribution is -2.62. The molecule has 2 aromatic rings. The summed E-state index contributed by atoms with van der Waals surface area (Å²) in [5.74, 6) is -18.5. The number of aliphatic imine (C=N–C) groups is 1. The minimum Gasteiger partial charge on any atom is -0.481 e. The summed E-state index contributed by atoms with van der Waals surface area (Å²) >= 11 is 8.35. The molecule has 15 amide bonds. The van der Waals surface area contributed by atoms with Gasteiger partial charge in [0.15, 0.2) is 5.96 Å². The number of hydrogen-bond donors (Lipinski definition) is 22. The van der Waals surface area contributed by atoms with E-state index in [4.69, 9.17) is 22.9 Å². The van der Waals surface area contributed by atoms with Crippen molar-refractivity contribution in [3.63, 3.8) is 0 Å². The van der Waals surface area contributed by atoms with E-state index in [1.807, 2.05) is 0 Å². The zero-order valence-corrected chi connectivity index (χ0v) is 64.8. The van der Waals surface area contributed by atoms with Crippen LogP contribution in [0.5, 0.6) is 0 Å². The number of aliphatic carboxylic acids is 2. The maximum Gasteiger partial charge on any atom is 0.326 e. The van der Waals surface area contributed by atoms with Crippen LogP contribution in [0.3, 0.4) is 0 Å². The number of aromatic nitrogens is 2. The third-order valence-electron chi connectivity index (χ3n) is 18.6. The van der Waals surface area contributed by atoms with Gasteiger partial charge in [-0.1, -0.05) is 44.2 Å². The highest BCUT2D eigenvalue weighted by atomic mass is 32.1. The van der Waals surface area contributed by atoms with Crippen LogP contribution in [0.1, 0.15) is 116 Å². The smallest absolute Gasteiger partial charge is 0.326 e. The molecule has 44 heteroatoms. The quantitative estimate of drug-likeness (QED) is 0.0127. The van der Waals surface area contributed by atoms with E-state index in [1.54, 1.807) is 44.2 Å². The van der Waals surface area contributed by atoms with E-state index in [0.29, 0.717) is 24.8 Å². The monoisotopic (exact) mass is 1630 g/mol. The van der Waals surface area contributed by atoms with Crippen LogP contribution in [0.25, 0.3) is 0 Å². The van der Waals surface area contributed by atoms with Crippen LogP contribution in [-0.2, 0) is 94.3 Å². The Bertz CT molecular complexity index is 3730. The predicted molar refractivity (Wildman–Crippen MR) is 407 cm³/mol. The zero-order valence-electron chi connectivity index (χ0n) is 63.0. The molecule has 5 rings (SSSR count). The number of aromatic amines is 1. The number of nitrogens with zero attached hydrogens (tertiary/aromatic N) is 5. The molecule has 3 fully saturated rings. The van der Waals surface area contributed by atoms with Crippen molar-refractivity contribution in [3.8, 4) is 0 Å². The number of primary amides is 1. The van der Waals surface area contributed by atoms with E-state index in [0.717, 1.165) is 16.7 Å². The number of imidazole rings is 1. The Morgan fingerprint density at radius 2 is 0.965 bits per heavy atom.